The molecule has 1 amide bonds. The minimum absolute atomic E-state index is 0.0625. The lowest BCUT2D eigenvalue weighted by Gasteiger charge is -2.11. The number of carbonyl (C=O) groups excluding carboxylic acids is 1. The van der Waals surface area contributed by atoms with Crippen molar-refractivity contribution in [1.29, 1.82) is 0 Å². The molecule has 2 heterocycles. The average molecular weight is 336 g/mol. The van der Waals surface area contributed by atoms with Crippen molar-refractivity contribution in [2.75, 3.05) is 19.8 Å². The number of amides is 1. The quantitative estimate of drug-likeness (QED) is 0.426. The van der Waals surface area contributed by atoms with Gasteiger partial charge in [0.15, 0.2) is 5.16 Å². The van der Waals surface area contributed by atoms with Gasteiger partial charge in [-0.1, -0.05) is 36.0 Å². The summed E-state index contributed by atoms with van der Waals surface area (Å²) in [6, 6.07) is 16.0. The second-order valence-corrected chi connectivity index (χ2v) is 6.69. The molecule has 0 bridgehead atoms. The van der Waals surface area contributed by atoms with Crippen LogP contribution in [0.2, 0.25) is 0 Å². The lowest BCUT2D eigenvalue weighted by atomic mass is 10.2. The van der Waals surface area contributed by atoms with E-state index < -0.39 is 0 Å². The number of nitrogens with zero attached hydrogens (tertiary/aromatic N) is 4. The molecule has 0 aliphatic carbocycles. The topological polar surface area (TPSA) is 50.5 Å². The third-order valence-corrected chi connectivity index (χ3v) is 4.86. The van der Waals surface area contributed by atoms with Crippen LogP contribution in [0.3, 0.4) is 0 Å². The Morgan fingerprint density at radius 3 is 2.54 bits per heavy atom. The number of hydrogen-bond donors (Lipinski definition) is 0. The number of imidazole rings is 1. The van der Waals surface area contributed by atoms with Gasteiger partial charge in [-0.25, -0.2) is 9.97 Å². The normalized spacial score (nSPS) is 11.4. The van der Waals surface area contributed by atoms with Crippen LogP contribution in [-0.4, -0.2) is 45.0 Å². The summed E-state index contributed by atoms with van der Waals surface area (Å²) in [5.74, 6) is 0.410. The van der Waals surface area contributed by atoms with Gasteiger partial charge in [-0.05, 0) is 24.3 Å². The first-order chi connectivity index (χ1) is 11.6. The number of aromatic nitrogens is 3. The Kier molecular flexibility index (Phi) is 3.61. The van der Waals surface area contributed by atoms with Gasteiger partial charge in [0.2, 0.25) is 5.91 Å². The highest BCUT2D eigenvalue weighted by molar-refractivity contribution is 7.99. The summed E-state index contributed by atoms with van der Waals surface area (Å²) in [6.45, 7) is 0. The van der Waals surface area contributed by atoms with Crippen molar-refractivity contribution < 1.29 is 4.79 Å². The van der Waals surface area contributed by atoms with E-state index in [1.54, 1.807) is 19.0 Å². The average Bonchev–Trinajstić information content (AvgIpc) is 2.99. The minimum Gasteiger partial charge on any atom is -0.348 e. The number of carbonyl (C=O) groups is 1. The van der Waals surface area contributed by atoms with Crippen LogP contribution in [0, 0.1) is 0 Å². The van der Waals surface area contributed by atoms with Gasteiger partial charge in [-0.15, -0.1) is 0 Å². The first-order valence-electron chi connectivity index (χ1n) is 7.64. The summed E-state index contributed by atoms with van der Waals surface area (Å²) < 4.78 is 2.05. The van der Waals surface area contributed by atoms with Crippen molar-refractivity contribution in [3.8, 4) is 0 Å². The summed E-state index contributed by atoms with van der Waals surface area (Å²) in [6.07, 6.45) is 0. The molecule has 0 saturated heterocycles. The largest absolute Gasteiger partial charge is 0.348 e. The summed E-state index contributed by atoms with van der Waals surface area (Å²) in [5.41, 5.74) is 3.70. The van der Waals surface area contributed by atoms with E-state index >= 15 is 0 Å². The zero-order valence-electron chi connectivity index (χ0n) is 13.4. The highest BCUT2D eigenvalue weighted by Gasteiger charge is 2.15. The molecule has 120 valence electrons. The van der Waals surface area contributed by atoms with E-state index in [1.807, 2.05) is 52.9 Å². The molecule has 24 heavy (non-hydrogen) atoms. The molecule has 4 rings (SSSR count). The molecule has 5 nitrogen and oxygen atoms in total. The fourth-order valence-corrected chi connectivity index (χ4v) is 3.65. The van der Waals surface area contributed by atoms with Crippen molar-refractivity contribution in [3.05, 3.63) is 48.5 Å². The summed E-state index contributed by atoms with van der Waals surface area (Å²) in [7, 11) is 3.53. The predicted octanol–water partition coefficient (Wildman–Crippen LogP) is 3.22. The molecule has 2 aromatic carbocycles. The van der Waals surface area contributed by atoms with Crippen molar-refractivity contribution in [2.24, 2.45) is 0 Å². The molecule has 0 saturated carbocycles. The number of benzene rings is 2. The van der Waals surface area contributed by atoms with Gasteiger partial charge < -0.3 is 4.90 Å². The SMILES string of the molecule is CN(C)C(=O)CSc1nc2ccccc2c2nc3ccccc3n12. The lowest BCUT2D eigenvalue weighted by molar-refractivity contribution is -0.125. The zero-order chi connectivity index (χ0) is 16.7. The van der Waals surface area contributed by atoms with Crippen LogP contribution in [0.5, 0.6) is 0 Å². The maximum atomic E-state index is 12.0. The van der Waals surface area contributed by atoms with Gasteiger partial charge in [0, 0.05) is 19.5 Å². The first-order valence-corrected chi connectivity index (χ1v) is 8.62. The third kappa shape index (κ3) is 2.39. The second kappa shape index (κ2) is 5.79. The predicted molar refractivity (Wildman–Crippen MR) is 97.4 cm³/mol. The molecule has 0 spiro atoms. The molecule has 6 heteroatoms. The van der Waals surface area contributed by atoms with E-state index in [-0.39, 0.29) is 5.91 Å². The fourth-order valence-electron chi connectivity index (χ4n) is 2.67. The Labute approximate surface area is 143 Å². The number of rotatable bonds is 3. The van der Waals surface area contributed by atoms with Crippen molar-refractivity contribution in [3.63, 3.8) is 0 Å². The van der Waals surface area contributed by atoms with E-state index in [0.717, 1.165) is 32.7 Å². The monoisotopic (exact) mass is 336 g/mol. The van der Waals surface area contributed by atoms with Crippen LogP contribution in [0.15, 0.2) is 53.7 Å². The standard InChI is InChI=1S/C18H16N4OS/c1-21(2)16(23)11-24-18-20-13-8-4-3-7-12(13)17-19-14-9-5-6-10-15(14)22(17)18/h3-10H,11H2,1-2H3. The lowest BCUT2D eigenvalue weighted by Crippen LogP contribution is -2.23. The van der Waals surface area contributed by atoms with Gasteiger partial charge >= 0.3 is 0 Å². The third-order valence-electron chi connectivity index (χ3n) is 3.94. The summed E-state index contributed by atoms with van der Waals surface area (Å²) >= 11 is 1.44. The molecule has 0 radical (unpaired) electrons. The van der Waals surface area contributed by atoms with Gasteiger partial charge in [0.05, 0.1) is 22.3 Å². The number of thioether (sulfide) groups is 1. The summed E-state index contributed by atoms with van der Waals surface area (Å²) in [4.78, 5) is 23.1. The zero-order valence-corrected chi connectivity index (χ0v) is 14.2. The Hall–Kier alpha value is -2.60. The van der Waals surface area contributed by atoms with Crippen molar-refractivity contribution in [1.82, 2.24) is 19.3 Å². The molecule has 2 aromatic heterocycles. The highest BCUT2D eigenvalue weighted by atomic mass is 32.2. The molecular weight excluding hydrogens is 320 g/mol. The molecule has 0 aliphatic heterocycles. The van der Waals surface area contributed by atoms with Crippen LogP contribution >= 0.6 is 11.8 Å². The molecule has 0 unspecified atom stereocenters. The van der Waals surface area contributed by atoms with Crippen LogP contribution in [0.4, 0.5) is 0 Å². The van der Waals surface area contributed by atoms with Crippen LogP contribution in [0.25, 0.3) is 27.6 Å². The fraction of sp³-hybridized carbons (Fsp3) is 0.167. The highest BCUT2D eigenvalue weighted by Crippen LogP contribution is 2.28. The van der Waals surface area contributed by atoms with Crippen LogP contribution in [-0.2, 0) is 4.79 Å². The van der Waals surface area contributed by atoms with E-state index in [4.69, 9.17) is 9.97 Å². The number of fused-ring (bicyclic) bond motifs is 5. The smallest absolute Gasteiger partial charge is 0.232 e. The van der Waals surface area contributed by atoms with Crippen LogP contribution < -0.4 is 0 Å². The van der Waals surface area contributed by atoms with Gasteiger partial charge in [0.1, 0.15) is 5.65 Å². The number of hydrogen-bond acceptors (Lipinski definition) is 4. The van der Waals surface area contributed by atoms with Gasteiger partial charge in [-0.3, -0.25) is 9.20 Å². The minimum atomic E-state index is 0.0625. The van der Waals surface area contributed by atoms with Gasteiger partial charge in [0.25, 0.3) is 0 Å². The first kappa shape index (κ1) is 15.0. The van der Waals surface area contributed by atoms with Crippen molar-refractivity contribution in [2.45, 2.75) is 5.16 Å². The molecule has 0 aliphatic rings. The maximum absolute atomic E-state index is 12.0. The molecule has 0 atom stereocenters. The molecule has 4 aromatic rings. The van der Waals surface area contributed by atoms with Crippen LogP contribution in [0.1, 0.15) is 0 Å². The Morgan fingerprint density at radius 2 is 1.75 bits per heavy atom. The maximum Gasteiger partial charge on any atom is 0.232 e. The van der Waals surface area contributed by atoms with Gasteiger partial charge in [-0.2, -0.15) is 0 Å². The molecule has 0 fully saturated rings. The van der Waals surface area contributed by atoms with E-state index in [2.05, 4.69) is 0 Å². The molecule has 0 N–H and O–H groups in total. The van der Waals surface area contributed by atoms with E-state index in [9.17, 15) is 4.79 Å². The Bertz CT molecular complexity index is 1070. The Morgan fingerprint density at radius 1 is 1.04 bits per heavy atom. The van der Waals surface area contributed by atoms with E-state index in [0.29, 0.717) is 5.75 Å². The number of para-hydroxylation sites is 3. The van der Waals surface area contributed by atoms with Crippen molar-refractivity contribution >= 4 is 45.3 Å². The van der Waals surface area contributed by atoms with E-state index in [1.165, 1.54) is 11.8 Å². The Balaban J connectivity index is 1.97. The molecular formula is C18H16N4OS. The summed E-state index contributed by atoms with van der Waals surface area (Å²) in [5, 5.41) is 1.80. The second-order valence-electron chi connectivity index (χ2n) is 5.75.